The highest BCUT2D eigenvalue weighted by Gasteiger charge is 2.22. The largest absolute Gasteiger partial charge is 0.507 e. The van der Waals surface area contributed by atoms with Crippen LogP contribution in [0.15, 0.2) is 36.4 Å². The molecule has 0 spiro atoms. The van der Waals surface area contributed by atoms with E-state index >= 15 is 0 Å². The predicted octanol–water partition coefficient (Wildman–Crippen LogP) is 3.04. The minimum absolute atomic E-state index is 0.0179. The van der Waals surface area contributed by atoms with Gasteiger partial charge in [0.1, 0.15) is 5.75 Å². The lowest BCUT2D eigenvalue weighted by Gasteiger charge is -2.16. The molecule has 0 aromatic heterocycles. The molecule has 2 aromatic rings. The van der Waals surface area contributed by atoms with Crippen LogP contribution in [-0.4, -0.2) is 37.5 Å². The molecule has 2 N–H and O–H groups in total. The molecular weight excluding hydrogens is 312 g/mol. The van der Waals surface area contributed by atoms with Crippen LogP contribution >= 0.6 is 0 Å². The summed E-state index contributed by atoms with van der Waals surface area (Å²) in [6, 6.07) is 9.63. The number of methoxy groups -OCH3 is 3. The van der Waals surface area contributed by atoms with E-state index in [4.69, 9.17) is 14.2 Å². The van der Waals surface area contributed by atoms with Gasteiger partial charge in [0.15, 0.2) is 11.5 Å². The molecule has 0 saturated heterocycles. The summed E-state index contributed by atoms with van der Waals surface area (Å²) < 4.78 is 15.8. The molecule has 0 amide bonds. The van der Waals surface area contributed by atoms with Gasteiger partial charge in [-0.1, -0.05) is 18.2 Å². The van der Waals surface area contributed by atoms with E-state index in [1.165, 1.54) is 33.5 Å². The molecule has 0 unspecified atom stereocenters. The second-order valence-electron chi connectivity index (χ2n) is 4.80. The molecule has 2 aromatic carbocycles. The molecule has 0 aliphatic rings. The fraction of sp³-hybridized carbons (Fsp3) is 0.167. The third-order valence-electron chi connectivity index (χ3n) is 3.46. The van der Waals surface area contributed by atoms with E-state index in [1.54, 1.807) is 30.3 Å². The average molecular weight is 330 g/mol. The summed E-state index contributed by atoms with van der Waals surface area (Å²) in [6.45, 7) is 0. The number of ether oxygens (including phenoxy) is 3. The smallest absolute Gasteiger partial charge is 0.336 e. The highest BCUT2D eigenvalue weighted by Crippen LogP contribution is 2.43. The number of benzene rings is 2. The third-order valence-corrected chi connectivity index (χ3v) is 3.46. The molecule has 2 rings (SSSR count). The molecule has 0 atom stereocenters. The first-order chi connectivity index (χ1) is 11.5. The van der Waals surface area contributed by atoms with Crippen LogP contribution in [0.2, 0.25) is 0 Å². The van der Waals surface area contributed by atoms with Gasteiger partial charge in [-0.05, 0) is 24.3 Å². The summed E-state index contributed by atoms with van der Waals surface area (Å²) in [5, 5.41) is 19.5. The monoisotopic (exact) mass is 330 g/mol. The molecule has 0 fully saturated rings. The number of aromatic hydroxyl groups is 1. The molecule has 0 saturated carbocycles. The van der Waals surface area contributed by atoms with Gasteiger partial charge in [-0.3, -0.25) is 0 Å². The molecule has 126 valence electrons. The van der Waals surface area contributed by atoms with E-state index in [1.807, 2.05) is 0 Å². The highest BCUT2D eigenvalue weighted by molar-refractivity contribution is 6.21. The normalized spacial score (nSPS) is 11.0. The van der Waals surface area contributed by atoms with E-state index in [-0.39, 0.29) is 17.1 Å². The fourth-order valence-electron chi connectivity index (χ4n) is 2.33. The van der Waals surface area contributed by atoms with Crippen LogP contribution in [0.3, 0.4) is 0 Å². The van der Waals surface area contributed by atoms with Gasteiger partial charge in [-0.15, -0.1) is 0 Å². The van der Waals surface area contributed by atoms with Crippen LogP contribution < -0.4 is 14.2 Å². The minimum Gasteiger partial charge on any atom is -0.507 e. The van der Waals surface area contributed by atoms with Crippen molar-refractivity contribution in [2.45, 2.75) is 0 Å². The molecule has 0 bridgehead atoms. The Hall–Kier alpha value is -3.15. The van der Waals surface area contributed by atoms with Crippen LogP contribution in [0.5, 0.6) is 23.0 Å². The van der Waals surface area contributed by atoms with Crippen molar-refractivity contribution in [2.75, 3.05) is 21.3 Å². The van der Waals surface area contributed by atoms with Crippen molar-refractivity contribution in [1.82, 2.24) is 0 Å². The standard InChI is InChI=1S/C18H18O6/c1-22-15-9-8-12(16(23-2)17(15)24-3)13(18(20)21)10-11-6-4-5-7-14(11)19/h4-10,19H,1-3H3,(H,20,21)/b13-10-. The van der Waals surface area contributed by atoms with E-state index in [0.717, 1.165) is 0 Å². The van der Waals surface area contributed by atoms with Gasteiger partial charge >= 0.3 is 5.97 Å². The Morgan fingerprint density at radius 1 is 0.958 bits per heavy atom. The third kappa shape index (κ3) is 3.27. The Bertz CT molecular complexity index is 779. The zero-order valence-corrected chi connectivity index (χ0v) is 13.6. The number of carbonyl (C=O) groups is 1. The minimum atomic E-state index is -1.16. The Labute approximate surface area is 139 Å². The first kappa shape index (κ1) is 17.2. The maximum atomic E-state index is 11.8. The van der Waals surface area contributed by atoms with Gasteiger partial charge in [0.2, 0.25) is 5.75 Å². The second kappa shape index (κ2) is 7.41. The van der Waals surface area contributed by atoms with Crippen LogP contribution in [-0.2, 0) is 4.79 Å². The lowest BCUT2D eigenvalue weighted by Crippen LogP contribution is -2.04. The number of phenolic OH excluding ortho intramolecular Hbond substituents is 1. The molecule has 0 radical (unpaired) electrons. The van der Waals surface area contributed by atoms with Crippen LogP contribution in [0.25, 0.3) is 11.6 Å². The molecular formula is C18H18O6. The Kier molecular flexibility index (Phi) is 5.31. The number of rotatable bonds is 6. The first-order valence-electron chi connectivity index (χ1n) is 7.05. The molecule has 0 heterocycles. The number of aliphatic carboxylic acids is 1. The van der Waals surface area contributed by atoms with Gasteiger partial charge in [-0.25, -0.2) is 4.79 Å². The lowest BCUT2D eigenvalue weighted by molar-refractivity contribution is -0.130. The van der Waals surface area contributed by atoms with Gasteiger partial charge in [-0.2, -0.15) is 0 Å². The van der Waals surface area contributed by atoms with Crippen molar-refractivity contribution in [2.24, 2.45) is 0 Å². The molecule has 0 aliphatic heterocycles. The number of hydrogen-bond acceptors (Lipinski definition) is 5. The van der Waals surface area contributed by atoms with Gasteiger partial charge in [0.25, 0.3) is 0 Å². The van der Waals surface area contributed by atoms with Gasteiger partial charge < -0.3 is 24.4 Å². The number of carboxylic acids is 1. The zero-order valence-electron chi connectivity index (χ0n) is 13.6. The lowest BCUT2D eigenvalue weighted by atomic mass is 10.0. The van der Waals surface area contributed by atoms with Gasteiger partial charge in [0, 0.05) is 11.1 Å². The second-order valence-corrected chi connectivity index (χ2v) is 4.80. The molecule has 6 heteroatoms. The summed E-state index contributed by atoms with van der Waals surface area (Å²) in [5.41, 5.74) is 0.645. The molecule has 0 aliphatic carbocycles. The van der Waals surface area contributed by atoms with Gasteiger partial charge in [0.05, 0.1) is 26.9 Å². The van der Waals surface area contributed by atoms with Crippen LogP contribution in [0.1, 0.15) is 11.1 Å². The average Bonchev–Trinajstić information content (AvgIpc) is 2.59. The van der Waals surface area contributed by atoms with Crippen molar-refractivity contribution in [3.05, 3.63) is 47.5 Å². The summed E-state index contributed by atoms with van der Waals surface area (Å²) in [6.07, 6.45) is 1.38. The summed E-state index contributed by atoms with van der Waals surface area (Å²) in [7, 11) is 4.34. The predicted molar refractivity (Wildman–Crippen MR) is 89.7 cm³/mol. The van der Waals surface area contributed by atoms with E-state index in [2.05, 4.69) is 0 Å². The van der Waals surface area contributed by atoms with Crippen LogP contribution in [0.4, 0.5) is 0 Å². The molecule has 24 heavy (non-hydrogen) atoms. The summed E-state index contributed by atoms with van der Waals surface area (Å²) in [5.74, 6) is -0.229. The van der Waals surface area contributed by atoms with E-state index < -0.39 is 5.97 Å². The number of phenols is 1. The van der Waals surface area contributed by atoms with E-state index in [0.29, 0.717) is 22.6 Å². The quantitative estimate of drug-likeness (QED) is 0.625. The first-order valence-corrected chi connectivity index (χ1v) is 7.05. The van der Waals surface area contributed by atoms with Crippen molar-refractivity contribution in [3.8, 4) is 23.0 Å². The number of hydrogen-bond donors (Lipinski definition) is 2. The maximum Gasteiger partial charge on any atom is 0.336 e. The van der Waals surface area contributed by atoms with Crippen molar-refractivity contribution in [3.63, 3.8) is 0 Å². The Morgan fingerprint density at radius 3 is 2.17 bits per heavy atom. The topological polar surface area (TPSA) is 85.2 Å². The highest BCUT2D eigenvalue weighted by atomic mass is 16.5. The Morgan fingerprint density at radius 2 is 1.62 bits per heavy atom. The molecule has 6 nitrogen and oxygen atoms in total. The zero-order chi connectivity index (χ0) is 17.7. The fourth-order valence-corrected chi connectivity index (χ4v) is 2.33. The maximum absolute atomic E-state index is 11.8. The van der Waals surface area contributed by atoms with E-state index in [9.17, 15) is 15.0 Å². The van der Waals surface area contributed by atoms with Crippen LogP contribution in [0, 0.1) is 0 Å². The summed E-state index contributed by atoms with van der Waals surface area (Å²) in [4.78, 5) is 11.8. The van der Waals surface area contributed by atoms with Crippen molar-refractivity contribution >= 4 is 17.6 Å². The Balaban J connectivity index is 2.69. The number of carboxylic acid groups (broad SMARTS) is 1. The SMILES string of the molecule is COc1ccc(/C(=C/c2ccccc2O)C(=O)O)c(OC)c1OC. The van der Waals surface area contributed by atoms with Crippen molar-refractivity contribution in [1.29, 1.82) is 0 Å². The summed E-state index contributed by atoms with van der Waals surface area (Å²) >= 11 is 0. The van der Waals surface area contributed by atoms with Crippen molar-refractivity contribution < 1.29 is 29.2 Å². The number of para-hydroxylation sites is 1.